The first-order chi connectivity index (χ1) is 6.45. The fourth-order valence-electron chi connectivity index (χ4n) is 0.900. The molecule has 1 rings (SSSR count). The van der Waals surface area contributed by atoms with Gasteiger partial charge in [0.05, 0.1) is 0 Å². The van der Waals surface area contributed by atoms with E-state index in [0.717, 1.165) is 0 Å². The summed E-state index contributed by atoms with van der Waals surface area (Å²) in [6.07, 6.45) is 2.71. The fraction of sp³-hybridized carbons (Fsp3) is 0.500. The van der Waals surface area contributed by atoms with Crippen molar-refractivity contribution in [1.82, 2.24) is 9.97 Å². The summed E-state index contributed by atoms with van der Waals surface area (Å²) in [5.74, 6) is 0.935. The molecule has 0 fully saturated rings. The predicted octanol–water partition coefficient (Wildman–Crippen LogP) is 0.624. The number of nitrogens with one attached hydrogen (secondary N) is 1. The first-order valence-electron chi connectivity index (χ1n) is 4.14. The van der Waals surface area contributed by atoms with Crippen molar-refractivity contribution in [2.24, 2.45) is 0 Å². The van der Waals surface area contributed by atoms with Crippen molar-refractivity contribution in [3.8, 4) is 0 Å². The Labute approximate surface area is 83.5 Å². The number of rotatable bonds is 3. The van der Waals surface area contributed by atoms with Gasteiger partial charge in [0.2, 0.25) is 0 Å². The number of hydrogen-bond acceptors (Lipinski definition) is 5. The van der Waals surface area contributed by atoms with Crippen LogP contribution in [-0.4, -0.2) is 31.7 Å². The zero-order chi connectivity index (χ0) is 10.8. The van der Waals surface area contributed by atoms with E-state index >= 15 is 0 Å². The van der Waals surface area contributed by atoms with E-state index in [2.05, 4.69) is 15.3 Å². The lowest BCUT2D eigenvalue weighted by atomic mass is 10.4. The lowest BCUT2D eigenvalue weighted by molar-refractivity contribution is 0.589. The Balaban J connectivity index is 3.08. The maximum absolute atomic E-state index is 11.2. The Morgan fingerprint density at radius 2 is 2.14 bits per heavy atom. The van der Waals surface area contributed by atoms with Crippen LogP contribution >= 0.6 is 0 Å². The molecule has 1 aromatic rings. The zero-order valence-electron chi connectivity index (χ0n) is 8.35. The van der Waals surface area contributed by atoms with Gasteiger partial charge in [-0.15, -0.1) is 0 Å². The first kappa shape index (κ1) is 10.9. The quantitative estimate of drug-likeness (QED) is 0.800. The molecule has 1 atom stereocenters. The topological polar surface area (TPSA) is 72.0 Å². The van der Waals surface area contributed by atoms with Gasteiger partial charge in [-0.25, -0.2) is 18.4 Å². The van der Waals surface area contributed by atoms with Crippen molar-refractivity contribution in [3.05, 3.63) is 18.1 Å². The molecule has 0 aliphatic heterocycles. The monoisotopic (exact) mass is 215 g/mol. The highest BCUT2D eigenvalue weighted by Crippen LogP contribution is 2.17. The lowest BCUT2D eigenvalue weighted by Crippen LogP contribution is -2.12. The van der Waals surface area contributed by atoms with Gasteiger partial charge in [-0.1, -0.05) is 0 Å². The number of sulfone groups is 1. The van der Waals surface area contributed by atoms with Gasteiger partial charge in [-0.3, -0.25) is 0 Å². The summed E-state index contributed by atoms with van der Waals surface area (Å²) in [4.78, 5) is 7.98. The molecule has 5 nitrogen and oxygen atoms in total. The molecule has 0 radical (unpaired) electrons. The van der Waals surface area contributed by atoms with Gasteiger partial charge in [0.1, 0.15) is 16.9 Å². The summed E-state index contributed by atoms with van der Waals surface area (Å²) in [6, 6.07) is 1.68. The van der Waals surface area contributed by atoms with E-state index in [1.54, 1.807) is 20.0 Å². The van der Waals surface area contributed by atoms with Crippen LogP contribution in [0.1, 0.15) is 18.0 Å². The van der Waals surface area contributed by atoms with Crippen molar-refractivity contribution in [1.29, 1.82) is 0 Å². The van der Waals surface area contributed by atoms with Gasteiger partial charge < -0.3 is 5.32 Å². The highest BCUT2D eigenvalue weighted by atomic mass is 32.2. The van der Waals surface area contributed by atoms with Crippen molar-refractivity contribution < 1.29 is 8.42 Å². The molecule has 0 saturated carbocycles. The normalized spacial score (nSPS) is 13.6. The van der Waals surface area contributed by atoms with Crippen LogP contribution in [0.2, 0.25) is 0 Å². The second kappa shape index (κ2) is 3.91. The molecule has 14 heavy (non-hydrogen) atoms. The summed E-state index contributed by atoms with van der Waals surface area (Å²) in [5.41, 5.74) is 0. The molecule has 0 amide bonds. The smallest absolute Gasteiger partial charge is 0.157 e. The van der Waals surface area contributed by atoms with Gasteiger partial charge in [0.15, 0.2) is 9.84 Å². The minimum Gasteiger partial charge on any atom is -0.373 e. The minimum atomic E-state index is -3.13. The van der Waals surface area contributed by atoms with E-state index < -0.39 is 15.1 Å². The highest BCUT2D eigenvalue weighted by Gasteiger charge is 2.19. The fourth-order valence-corrected chi connectivity index (χ4v) is 1.40. The van der Waals surface area contributed by atoms with E-state index in [-0.39, 0.29) is 0 Å². The first-order valence-corrected chi connectivity index (χ1v) is 6.10. The van der Waals surface area contributed by atoms with Gasteiger partial charge >= 0.3 is 0 Å². The Kier molecular flexibility index (Phi) is 3.05. The van der Waals surface area contributed by atoms with Crippen LogP contribution in [0, 0.1) is 0 Å². The van der Waals surface area contributed by atoms with Gasteiger partial charge in [-0.2, -0.15) is 0 Å². The second-order valence-electron chi connectivity index (χ2n) is 3.02. The van der Waals surface area contributed by atoms with Crippen LogP contribution in [0.4, 0.5) is 5.82 Å². The maximum Gasteiger partial charge on any atom is 0.157 e. The number of aromatic nitrogens is 2. The Bertz CT molecular complexity index is 416. The van der Waals surface area contributed by atoms with Crippen LogP contribution in [0.15, 0.2) is 12.3 Å². The average Bonchev–Trinajstić information content (AvgIpc) is 2.15. The van der Waals surface area contributed by atoms with E-state index in [4.69, 9.17) is 0 Å². The third kappa shape index (κ3) is 2.41. The number of anilines is 1. The molecule has 0 saturated heterocycles. The molecular weight excluding hydrogens is 202 g/mol. The van der Waals surface area contributed by atoms with Crippen LogP contribution < -0.4 is 5.32 Å². The summed E-state index contributed by atoms with van der Waals surface area (Å²) < 4.78 is 22.5. The maximum atomic E-state index is 11.2. The van der Waals surface area contributed by atoms with Crippen molar-refractivity contribution in [2.75, 3.05) is 18.6 Å². The summed E-state index contributed by atoms with van der Waals surface area (Å²) >= 11 is 0. The zero-order valence-corrected chi connectivity index (χ0v) is 9.17. The largest absolute Gasteiger partial charge is 0.373 e. The van der Waals surface area contributed by atoms with Crippen LogP contribution in [0.3, 0.4) is 0 Å². The molecule has 1 heterocycles. The molecule has 0 aliphatic carbocycles. The van der Waals surface area contributed by atoms with Gasteiger partial charge in [0, 0.05) is 19.5 Å². The molecule has 0 bridgehead atoms. The number of hydrogen-bond donors (Lipinski definition) is 1. The SMILES string of the molecule is CNc1ccnc(C(C)S(C)(=O)=O)n1. The van der Waals surface area contributed by atoms with Gasteiger partial charge in [-0.05, 0) is 13.0 Å². The molecule has 0 aromatic carbocycles. The Hall–Kier alpha value is -1.17. The Morgan fingerprint density at radius 1 is 1.50 bits per heavy atom. The molecule has 0 spiro atoms. The molecule has 6 heteroatoms. The van der Waals surface area contributed by atoms with Crippen LogP contribution in [-0.2, 0) is 9.84 Å². The average molecular weight is 215 g/mol. The highest BCUT2D eigenvalue weighted by molar-refractivity contribution is 7.90. The molecule has 78 valence electrons. The molecular formula is C8H13N3O2S. The minimum absolute atomic E-state index is 0.319. The van der Waals surface area contributed by atoms with Crippen molar-refractivity contribution in [3.63, 3.8) is 0 Å². The standard InChI is InChI=1S/C8H13N3O2S/c1-6(14(3,12)13)8-10-5-4-7(9-2)11-8/h4-6H,1-3H3,(H,9,10,11). The third-order valence-electron chi connectivity index (χ3n) is 1.94. The van der Waals surface area contributed by atoms with E-state index in [0.29, 0.717) is 11.6 Å². The summed E-state index contributed by atoms with van der Waals surface area (Å²) in [6.45, 7) is 1.57. The predicted molar refractivity (Wildman–Crippen MR) is 54.8 cm³/mol. The van der Waals surface area contributed by atoms with E-state index in [9.17, 15) is 8.42 Å². The molecule has 0 aliphatic rings. The van der Waals surface area contributed by atoms with Crippen molar-refractivity contribution >= 4 is 15.7 Å². The lowest BCUT2D eigenvalue weighted by Gasteiger charge is -2.08. The van der Waals surface area contributed by atoms with Gasteiger partial charge in [0.25, 0.3) is 0 Å². The second-order valence-corrected chi connectivity index (χ2v) is 5.39. The summed E-state index contributed by atoms with van der Waals surface area (Å²) in [7, 11) is -1.41. The van der Waals surface area contributed by atoms with E-state index in [1.807, 2.05) is 0 Å². The summed E-state index contributed by atoms with van der Waals surface area (Å²) in [5, 5.41) is 2.16. The van der Waals surface area contributed by atoms with Crippen molar-refractivity contribution in [2.45, 2.75) is 12.2 Å². The molecule has 1 N–H and O–H groups in total. The van der Waals surface area contributed by atoms with Crippen LogP contribution in [0.5, 0.6) is 0 Å². The van der Waals surface area contributed by atoms with E-state index in [1.165, 1.54) is 12.5 Å². The number of nitrogens with zero attached hydrogens (tertiary/aromatic N) is 2. The van der Waals surface area contributed by atoms with Crippen LogP contribution in [0.25, 0.3) is 0 Å². The molecule has 1 unspecified atom stereocenters. The molecule has 1 aromatic heterocycles. The Morgan fingerprint density at radius 3 is 2.64 bits per heavy atom. The third-order valence-corrected chi connectivity index (χ3v) is 3.43.